The first-order valence-electron chi connectivity index (χ1n) is 10.4. The van der Waals surface area contributed by atoms with Crippen LogP contribution in [0.25, 0.3) is 10.9 Å². The van der Waals surface area contributed by atoms with Crippen LogP contribution in [-0.2, 0) is 11.3 Å². The molecule has 0 saturated carbocycles. The number of nitrogens with zero attached hydrogens (tertiary/aromatic N) is 5. The van der Waals surface area contributed by atoms with Crippen molar-refractivity contribution in [2.45, 2.75) is 32.2 Å². The molecule has 3 heterocycles. The number of piperazine rings is 1. The summed E-state index contributed by atoms with van der Waals surface area (Å²) in [6.45, 7) is 7.14. The number of hydrogen-bond donors (Lipinski definition) is 1. The number of carbonyl (C=O) groups excluding carboxylic acids is 1. The lowest BCUT2D eigenvalue weighted by molar-refractivity contribution is -0.133. The van der Waals surface area contributed by atoms with Crippen molar-refractivity contribution >= 4 is 22.6 Å². The second kappa shape index (κ2) is 8.84. The Morgan fingerprint density at radius 2 is 1.68 bits per heavy atom. The van der Waals surface area contributed by atoms with Crippen LogP contribution >= 0.6 is 0 Å². The van der Waals surface area contributed by atoms with Crippen LogP contribution in [0.1, 0.15) is 31.5 Å². The lowest BCUT2D eigenvalue weighted by Gasteiger charge is -2.35. The highest BCUT2D eigenvalue weighted by atomic mass is 16.2. The minimum Gasteiger partial charge on any atom is -0.383 e. The van der Waals surface area contributed by atoms with E-state index in [4.69, 9.17) is 5.73 Å². The van der Waals surface area contributed by atoms with E-state index in [0.29, 0.717) is 18.8 Å². The van der Waals surface area contributed by atoms with Gasteiger partial charge < -0.3 is 15.5 Å². The number of hydrogen-bond acceptors (Lipinski definition) is 6. The Labute approximate surface area is 166 Å². The summed E-state index contributed by atoms with van der Waals surface area (Å²) in [6, 6.07) is 7.83. The zero-order valence-electron chi connectivity index (χ0n) is 16.5. The van der Waals surface area contributed by atoms with Crippen LogP contribution in [0.5, 0.6) is 0 Å². The van der Waals surface area contributed by atoms with E-state index in [9.17, 15) is 4.79 Å². The first kappa shape index (κ1) is 19.1. The summed E-state index contributed by atoms with van der Waals surface area (Å²) in [6.07, 6.45) is 4.52. The molecule has 150 valence electrons. The average molecular weight is 383 g/mol. The number of piperidine rings is 1. The SMILES string of the molecule is Nc1nc(CN2CCN(C(=O)CCN3CCCCC3)CC2)nc2ccccc12. The van der Waals surface area contributed by atoms with Gasteiger partial charge in [0.05, 0.1) is 12.1 Å². The molecule has 1 aromatic carbocycles. The molecule has 2 N–H and O–H groups in total. The van der Waals surface area contributed by atoms with Gasteiger partial charge in [0, 0.05) is 44.5 Å². The molecule has 0 spiro atoms. The van der Waals surface area contributed by atoms with Gasteiger partial charge in [0.15, 0.2) is 0 Å². The Hall–Kier alpha value is -2.25. The van der Waals surface area contributed by atoms with E-state index < -0.39 is 0 Å². The highest BCUT2D eigenvalue weighted by Crippen LogP contribution is 2.18. The van der Waals surface area contributed by atoms with E-state index in [1.807, 2.05) is 29.2 Å². The molecule has 2 aromatic rings. The Bertz CT molecular complexity index is 812. The predicted molar refractivity (Wildman–Crippen MR) is 111 cm³/mol. The van der Waals surface area contributed by atoms with Gasteiger partial charge in [-0.3, -0.25) is 9.69 Å². The molecule has 1 aromatic heterocycles. The predicted octanol–water partition coefficient (Wildman–Crippen LogP) is 1.73. The number of likely N-dealkylation sites (tertiary alicyclic amines) is 1. The molecule has 7 heteroatoms. The summed E-state index contributed by atoms with van der Waals surface area (Å²) in [7, 11) is 0. The number of nitrogen functional groups attached to an aromatic ring is 1. The molecule has 0 bridgehead atoms. The highest BCUT2D eigenvalue weighted by molar-refractivity contribution is 5.87. The van der Waals surface area contributed by atoms with Crippen molar-refractivity contribution in [3.05, 3.63) is 30.1 Å². The van der Waals surface area contributed by atoms with Crippen molar-refractivity contribution in [2.24, 2.45) is 0 Å². The first-order chi connectivity index (χ1) is 13.7. The molecule has 2 fully saturated rings. The standard InChI is InChI=1S/C21H30N6O/c22-21-17-6-2-3-7-18(17)23-19(24-21)16-26-12-14-27(15-13-26)20(28)8-11-25-9-4-1-5-10-25/h2-3,6-7H,1,4-5,8-16H2,(H2,22,23,24). The largest absolute Gasteiger partial charge is 0.383 e. The topological polar surface area (TPSA) is 78.6 Å². The molecule has 28 heavy (non-hydrogen) atoms. The van der Waals surface area contributed by atoms with Crippen molar-refractivity contribution in [3.63, 3.8) is 0 Å². The molecular weight excluding hydrogens is 352 g/mol. The van der Waals surface area contributed by atoms with E-state index >= 15 is 0 Å². The number of carbonyl (C=O) groups is 1. The number of amides is 1. The van der Waals surface area contributed by atoms with Crippen LogP contribution in [0.4, 0.5) is 5.82 Å². The molecule has 0 unspecified atom stereocenters. The fourth-order valence-electron chi connectivity index (χ4n) is 4.17. The van der Waals surface area contributed by atoms with E-state index in [1.54, 1.807) is 0 Å². The van der Waals surface area contributed by atoms with Crippen molar-refractivity contribution in [3.8, 4) is 0 Å². The van der Waals surface area contributed by atoms with Gasteiger partial charge in [0.2, 0.25) is 5.91 Å². The number of benzene rings is 1. The minimum atomic E-state index is 0.288. The molecule has 0 radical (unpaired) electrons. The Morgan fingerprint density at radius 1 is 0.929 bits per heavy atom. The molecule has 7 nitrogen and oxygen atoms in total. The molecular formula is C21H30N6O. The van der Waals surface area contributed by atoms with Gasteiger partial charge in [-0.2, -0.15) is 0 Å². The van der Waals surface area contributed by atoms with Crippen molar-refractivity contribution in [1.29, 1.82) is 0 Å². The van der Waals surface area contributed by atoms with E-state index in [0.717, 1.165) is 62.5 Å². The van der Waals surface area contributed by atoms with Crippen LogP contribution in [0.15, 0.2) is 24.3 Å². The van der Waals surface area contributed by atoms with Crippen LogP contribution < -0.4 is 5.73 Å². The number of fused-ring (bicyclic) bond motifs is 1. The van der Waals surface area contributed by atoms with Crippen molar-refractivity contribution in [1.82, 2.24) is 24.7 Å². The third-order valence-corrected chi connectivity index (χ3v) is 5.86. The lowest BCUT2D eigenvalue weighted by atomic mass is 10.1. The number of para-hydroxylation sites is 1. The zero-order valence-corrected chi connectivity index (χ0v) is 16.5. The zero-order chi connectivity index (χ0) is 19.3. The fourth-order valence-corrected chi connectivity index (χ4v) is 4.17. The maximum absolute atomic E-state index is 12.5. The second-order valence-electron chi connectivity index (χ2n) is 7.85. The monoisotopic (exact) mass is 382 g/mol. The van der Waals surface area contributed by atoms with Crippen LogP contribution in [0.2, 0.25) is 0 Å². The molecule has 0 aliphatic carbocycles. The fraction of sp³-hybridized carbons (Fsp3) is 0.571. The van der Waals surface area contributed by atoms with Gasteiger partial charge >= 0.3 is 0 Å². The maximum atomic E-state index is 12.5. The summed E-state index contributed by atoms with van der Waals surface area (Å²) in [5.41, 5.74) is 6.98. The normalized spacial score (nSPS) is 19.2. The summed E-state index contributed by atoms with van der Waals surface area (Å²) in [4.78, 5) is 28.4. The summed E-state index contributed by atoms with van der Waals surface area (Å²) < 4.78 is 0. The van der Waals surface area contributed by atoms with Crippen molar-refractivity contribution < 1.29 is 4.79 Å². The van der Waals surface area contributed by atoms with Gasteiger partial charge in [-0.25, -0.2) is 9.97 Å². The van der Waals surface area contributed by atoms with Crippen molar-refractivity contribution in [2.75, 3.05) is 51.5 Å². The number of aromatic nitrogens is 2. The van der Waals surface area contributed by atoms with Crippen LogP contribution in [0, 0.1) is 0 Å². The van der Waals surface area contributed by atoms with E-state index in [-0.39, 0.29) is 5.91 Å². The highest BCUT2D eigenvalue weighted by Gasteiger charge is 2.22. The Balaban J connectivity index is 1.26. The number of anilines is 1. The smallest absolute Gasteiger partial charge is 0.223 e. The minimum absolute atomic E-state index is 0.288. The molecule has 2 saturated heterocycles. The summed E-state index contributed by atoms with van der Waals surface area (Å²) in [5, 5.41) is 0.898. The van der Waals surface area contributed by atoms with E-state index in [2.05, 4.69) is 19.8 Å². The second-order valence-corrected chi connectivity index (χ2v) is 7.85. The third kappa shape index (κ3) is 4.59. The molecule has 0 atom stereocenters. The van der Waals surface area contributed by atoms with Gasteiger partial charge in [-0.05, 0) is 38.1 Å². The van der Waals surface area contributed by atoms with E-state index in [1.165, 1.54) is 19.3 Å². The molecule has 4 rings (SSSR count). The average Bonchev–Trinajstić information content (AvgIpc) is 2.73. The Kier molecular flexibility index (Phi) is 6.02. The number of rotatable bonds is 5. The molecule has 1 amide bonds. The molecule has 2 aliphatic rings. The summed E-state index contributed by atoms with van der Waals surface area (Å²) >= 11 is 0. The van der Waals surface area contributed by atoms with Gasteiger partial charge in [0.25, 0.3) is 0 Å². The summed E-state index contributed by atoms with van der Waals surface area (Å²) in [5.74, 6) is 1.57. The van der Waals surface area contributed by atoms with Gasteiger partial charge in [0.1, 0.15) is 11.6 Å². The molecule has 2 aliphatic heterocycles. The lowest BCUT2D eigenvalue weighted by Crippen LogP contribution is -2.49. The first-order valence-corrected chi connectivity index (χ1v) is 10.4. The Morgan fingerprint density at radius 3 is 2.46 bits per heavy atom. The van der Waals surface area contributed by atoms with Gasteiger partial charge in [-0.15, -0.1) is 0 Å². The quantitative estimate of drug-likeness (QED) is 0.849. The third-order valence-electron chi connectivity index (χ3n) is 5.86. The van der Waals surface area contributed by atoms with Crippen LogP contribution in [0.3, 0.4) is 0 Å². The number of nitrogens with two attached hydrogens (primary N) is 1. The van der Waals surface area contributed by atoms with Gasteiger partial charge in [-0.1, -0.05) is 18.6 Å². The maximum Gasteiger partial charge on any atom is 0.223 e. The van der Waals surface area contributed by atoms with Crippen LogP contribution in [-0.4, -0.2) is 76.4 Å².